The van der Waals surface area contributed by atoms with Crippen molar-refractivity contribution in [3.05, 3.63) is 47.3 Å². The van der Waals surface area contributed by atoms with E-state index in [9.17, 15) is 0 Å². The first kappa shape index (κ1) is 21.1. The van der Waals surface area contributed by atoms with Crippen LogP contribution in [-0.2, 0) is 11.3 Å². The number of hydrogen-bond donors (Lipinski definition) is 1. The quantitative estimate of drug-likeness (QED) is 0.404. The number of likely N-dealkylation sites (tertiary alicyclic amines) is 1. The highest BCUT2D eigenvalue weighted by molar-refractivity contribution is 14.0. The maximum absolute atomic E-state index is 5.65. The number of hydrogen-bond acceptors (Lipinski definition) is 3. The normalized spacial score (nSPS) is 22.0. The minimum atomic E-state index is 0. The van der Waals surface area contributed by atoms with Crippen molar-refractivity contribution < 1.29 is 4.74 Å². The highest BCUT2D eigenvalue weighted by atomic mass is 127. The molecule has 2 saturated heterocycles. The van der Waals surface area contributed by atoms with E-state index in [0.29, 0.717) is 5.41 Å². The molecule has 1 N–H and O–H groups in total. The summed E-state index contributed by atoms with van der Waals surface area (Å²) in [6.07, 6.45) is 2.36. The molecule has 0 aliphatic carbocycles. The van der Waals surface area contributed by atoms with Gasteiger partial charge in [0, 0.05) is 44.4 Å². The number of nitrogens with one attached hydrogen (secondary N) is 1. The van der Waals surface area contributed by atoms with E-state index in [1.54, 1.807) is 0 Å². The minimum absolute atomic E-state index is 0. The summed E-state index contributed by atoms with van der Waals surface area (Å²) in [5.41, 5.74) is 4.84. The second kappa shape index (κ2) is 8.82. The van der Waals surface area contributed by atoms with Crippen LogP contribution in [0.15, 0.2) is 35.3 Å². The maximum atomic E-state index is 5.65. The van der Waals surface area contributed by atoms with Gasteiger partial charge in [0.2, 0.25) is 0 Å². The molecule has 0 amide bonds. The van der Waals surface area contributed by atoms with Gasteiger partial charge in [-0.3, -0.25) is 4.99 Å². The molecule has 1 unspecified atom stereocenters. The molecule has 1 spiro atoms. The number of aryl methyl sites for hydroxylation is 2. The Hall–Kier alpha value is -1.61. The van der Waals surface area contributed by atoms with Crippen LogP contribution in [0, 0.1) is 19.3 Å². The van der Waals surface area contributed by atoms with E-state index in [2.05, 4.69) is 57.6 Å². The second-order valence-electron chi connectivity index (χ2n) is 7.84. The van der Waals surface area contributed by atoms with Crippen LogP contribution in [0.2, 0.25) is 0 Å². The third-order valence-corrected chi connectivity index (χ3v) is 5.80. The molecule has 152 valence electrons. The van der Waals surface area contributed by atoms with E-state index in [-0.39, 0.29) is 24.0 Å². The van der Waals surface area contributed by atoms with E-state index < -0.39 is 0 Å². The molecular formula is C21H30IN5O. The van der Waals surface area contributed by atoms with Crippen LogP contribution < -0.4 is 5.32 Å². The van der Waals surface area contributed by atoms with Crippen molar-refractivity contribution >= 4 is 29.9 Å². The zero-order chi connectivity index (χ0) is 18.9. The third-order valence-electron chi connectivity index (χ3n) is 5.80. The molecule has 1 aromatic heterocycles. The summed E-state index contributed by atoms with van der Waals surface area (Å²) in [5, 5.41) is 8.21. The molecule has 1 atom stereocenters. The Morgan fingerprint density at radius 3 is 2.79 bits per heavy atom. The van der Waals surface area contributed by atoms with Crippen molar-refractivity contribution in [1.82, 2.24) is 20.0 Å². The summed E-state index contributed by atoms with van der Waals surface area (Å²) in [5.74, 6) is 0.974. The fraction of sp³-hybridized carbons (Fsp3) is 0.524. The monoisotopic (exact) mass is 495 g/mol. The first-order chi connectivity index (χ1) is 13.1. The predicted octanol–water partition coefficient (Wildman–Crippen LogP) is 3.29. The molecule has 6 nitrogen and oxygen atoms in total. The number of aromatic nitrogens is 2. The standard InChI is InChI=1S/C21H29N5O.HI/c1-16-12-17(2)26(24-16)19-7-5-4-6-18(19)13-23-20(22-3)25-10-8-21(14-25)9-11-27-15-21;/h4-7,12H,8-11,13-15H2,1-3H3,(H,22,23);1H. The largest absolute Gasteiger partial charge is 0.381 e. The Bertz CT molecular complexity index is 841. The van der Waals surface area contributed by atoms with Crippen molar-refractivity contribution in [2.75, 3.05) is 33.4 Å². The van der Waals surface area contributed by atoms with Gasteiger partial charge in [-0.2, -0.15) is 5.10 Å². The number of benzene rings is 1. The van der Waals surface area contributed by atoms with Crippen LogP contribution in [0.25, 0.3) is 5.69 Å². The lowest BCUT2D eigenvalue weighted by Crippen LogP contribution is -2.41. The fourth-order valence-corrected chi connectivity index (χ4v) is 4.33. The Morgan fingerprint density at radius 1 is 1.29 bits per heavy atom. The summed E-state index contributed by atoms with van der Waals surface area (Å²) >= 11 is 0. The third kappa shape index (κ3) is 4.20. The Labute approximate surface area is 184 Å². The van der Waals surface area contributed by atoms with E-state index >= 15 is 0 Å². The van der Waals surface area contributed by atoms with E-state index in [1.165, 1.54) is 18.4 Å². The highest BCUT2D eigenvalue weighted by Crippen LogP contribution is 2.38. The number of nitrogens with zero attached hydrogens (tertiary/aromatic N) is 4. The summed E-state index contributed by atoms with van der Waals surface area (Å²) in [7, 11) is 1.87. The van der Waals surface area contributed by atoms with Crippen LogP contribution >= 0.6 is 24.0 Å². The van der Waals surface area contributed by atoms with Crippen molar-refractivity contribution in [3.63, 3.8) is 0 Å². The molecule has 2 aromatic rings. The average Bonchev–Trinajstić information content (AvgIpc) is 3.38. The van der Waals surface area contributed by atoms with Gasteiger partial charge in [-0.25, -0.2) is 4.68 Å². The number of para-hydroxylation sites is 1. The average molecular weight is 495 g/mol. The number of guanidine groups is 1. The molecule has 2 aliphatic rings. The summed E-state index contributed by atoms with van der Waals surface area (Å²) in [6, 6.07) is 10.5. The molecule has 1 aromatic carbocycles. The molecule has 4 rings (SSSR count). The zero-order valence-electron chi connectivity index (χ0n) is 16.9. The van der Waals surface area contributed by atoms with Crippen LogP contribution in [0.5, 0.6) is 0 Å². The first-order valence-electron chi connectivity index (χ1n) is 9.75. The first-order valence-corrected chi connectivity index (χ1v) is 9.75. The predicted molar refractivity (Wildman–Crippen MR) is 123 cm³/mol. The van der Waals surface area contributed by atoms with Crippen LogP contribution in [0.3, 0.4) is 0 Å². The molecule has 0 bridgehead atoms. The van der Waals surface area contributed by atoms with Crippen molar-refractivity contribution in [2.24, 2.45) is 10.4 Å². The topological polar surface area (TPSA) is 54.7 Å². The summed E-state index contributed by atoms with van der Waals surface area (Å²) in [4.78, 5) is 6.91. The fourth-order valence-electron chi connectivity index (χ4n) is 4.33. The Balaban J connectivity index is 0.00000225. The smallest absolute Gasteiger partial charge is 0.193 e. The number of ether oxygens (including phenoxy) is 1. The number of halogens is 1. The Kier molecular flexibility index (Phi) is 6.65. The SMILES string of the molecule is CN=C(NCc1ccccc1-n1nc(C)cc1C)N1CCC2(CCOC2)C1.I. The van der Waals surface area contributed by atoms with Crippen LogP contribution in [0.4, 0.5) is 0 Å². The maximum Gasteiger partial charge on any atom is 0.193 e. The number of rotatable bonds is 3. The molecule has 0 radical (unpaired) electrons. The zero-order valence-corrected chi connectivity index (χ0v) is 19.3. The van der Waals surface area contributed by atoms with Gasteiger partial charge in [-0.15, -0.1) is 24.0 Å². The minimum Gasteiger partial charge on any atom is -0.381 e. The van der Waals surface area contributed by atoms with Crippen molar-refractivity contribution in [1.29, 1.82) is 0 Å². The molecule has 0 saturated carbocycles. The van der Waals surface area contributed by atoms with E-state index in [4.69, 9.17) is 4.74 Å². The van der Waals surface area contributed by atoms with Crippen molar-refractivity contribution in [2.45, 2.75) is 33.2 Å². The molecular weight excluding hydrogens is 465 g/mol. The molecule has 28 heavy (non-hydrogen) atoms. The van der Waals surface area contributed by atoms with Crippen LogP contribution in [-0.4, -0.2) is 54.0 Å². The number of aliphatic imine (C=N–C) groups is 1. The van der Waals surface area contributed by atoms with Gasteiger partial charge in [0.25, 0.3) is 0 Å². The Morgan fingerprint density at radius 2 is 2.11 bits per heavy atom. The lowest BCUT2D eigenvalue weighted by molar-refractivity contribution is 0.156. The van der Waals surface area contributed by atoms with Gasteiger partial charge in [0.05, 0.1) is 18.0 Å². The lowest BCUT2D eigenvalue weighted by Gasteiger charge is -2.25. The van der Waals surface area contributed by atoms with Crippen molar-refractivity contribution in [3.8, 4) is 5.69 Å². The molecule has 7 heteroatoms. The van der Waals surface area contributed by atoms with E-state index in [0.717, 1.165) is 55.9 Å². The van der Waals surface area contributed by atoms with Gasteiger partial charge in [-0.1, -0.05) is 18.2 Å². The molecule has 2 aliphatic heterocycles. The van der Waals surface area contributed by atoms with Crippen LogP contribution in [0.1, 0.15) is 29.8 Å². The molecule has 2 fully saturated rings. The van der Waals surface area contributed by atoms with Gasteiger partial charge in [-0.05, 0) is 44.4 Å². The van der Waals surface area contributed by atoms with Gasteiger partial charge < -0.3 is 15.0 Å². The summed E-state index contributed by atoms with van der Waals surface area (Å²) < 4.78 is 7.68. The summed E-state index contributed by atoms with van der Waals surface area (Å²) in [6.45, 7) is 8.71. The second-order valence-corrected chi connectivity index (χ2v) is 7.84. The molecule has 3 heterocycles. The van der Waals surface area contributed by atoms with Gasteiger partial charge in [0.1, 0.15) is 0 Å². The van der Waals surface area contributed by atoms with Gasteiger partial charge in [0.15, 0.2) is 5.96 Å². The highest BCUT2D eigenvalue weighted by Gasteiger charge is 2.42. The lowest BCUT2D eigenvalue weighted by atomic mass is 9.87. The van der Waals surface area contributed by atoms with Gasteiger partial charge >= 0.3 is 0 Å². The van der Waals surface area contributed by atoms with E-state index in [1.807, 2.05) is 18.7 Å².